The molecule has 0 spiro atoms. The van der Waals surface area contributed by atoms with Crippen LogP contribution in [0.5, 0.6) is 0 Å². The first kappa shape index (κ1) is 104. The number of esters is 3. The maximum Gasteiger partial charge on any atom is 0.472 e. The summed E-state index contributed by atoms with van der Waals surface area (Å²) in [7, 11) is -9.82. The van der Waals surface area contributed by atoms with E-state index in [1.54, 1.807) is 0 Å². The van der Waals surface area contributed by atoms with E-state index in [1.165, 1.54) is 103 Å². The normalized spacial score (nSPS) is 14.7. The number of ether oxygens (including phenoxy) is 3. The first-order chi connectivity index (χ1) is 53.2. The standard InChI is InChI=1S/C91H152O16P2/c1-4-7-10-13-16-19-22-25-28-31-34-37-39-40-41-42-43-44-46-49-50-53-56-59-62-65-68-71-74-77-89(94)101-80-86(92)81-103-108(97,98)104-82-87(93)83-105-109(99,100)106-85-88(107-91(96)79-76-73-70-67-64-61-58-55-52-47-36-33-30-27-24-21-18-15-12-9-6-3)84-102-90(95)78-75-72-69-66-63-60-57-54-51-48-45-38-35-32-29-26-23-20-17-14-11-8-5-2/h8,11,16-21,25-30,34-38,40-41,47-48,51,55,57-58,60,86-88,92-93H,4-7,9-10,12-15,22-24,31-33,39,42-46,49-50,52-54,56,59,61-85H2,1-3H3,(H,97,98)(H,99,100)/b11-8-,19-16-,20-17-,21-18-,28-25-,29-26-,30-27-,37-34-,38-35-,41-40-,47-36-,51-48-,58-55-,60-57-. The molecule has 0 aliphatic carbocycles. The number of phosphoric ester groups is 2. The molecule has 5 atom stereocenters. The van der Waals surface area contributed by atoms with Gasteiger partial charge in [-0.3, -0.25) is 32.5 Å². The summed E-state index contributed by atoms with van der Waals surface area (Å²) in [4.78, 5) is 58.8. The summed E-state index contributed by atoms with van der Waals surface area (Å²) < 4.78 is 61.3. The van der Waals surface area contributed by atoms with Gasteiger partial charge in [0.2, 0.25) is 0 Å². The number of hydrogen-bond donors (Lipinski definition) is 4. The molecule has 622 valence electrons. The van der Waals surface area contributed by atoms with E-state index in [4.69, 9.17) is 32.3 Å². The van der Waals surface area contributed by atoms with Gasteiger partial charge in [0.1, 0.15) is 25.4 Å². The molecule has 4 N–H and O–H groups in total. The fourth-order valence-electron chi connectivity index (χ4n) is 11.0. The van der Waals surface area contributed by atoms with Crippen molar-refractivity contribution in [3.05, 3.63) is 170 Å². The van der Waals surface area contributed by atoms with Crippen LogP contribution in [-0.2, 0) is 55.8 Å². The van der Waals surface area contributed by atoms with Gasteiger partial charge < -0.3 is 34.2 Å². The molecule has 0 aromatic rings. The summed E-state index contributed by atoms with van der Waals surface area (Å²) in [5, 5.41) is 20.7. The highest BCUT2D eigenvalue weighted by Crippen LogP contribution is 2.45. The molecule has 0 bridgehead atoms. The predicted molar refractivity (Wildman–Crippen MR) is 454 cm³/mol. The lowest BCUT2D eigenvalue weighted by molar-refractivity contribution is -0.161. The van der Waals surface area contributed by atoms with Crippen molar-refractivity contribution in [2.24, 2.45) is 0 Å². The highest BCUT2D eigenvalue weighted by Gasteiger charge is 2.29. The number of allylic oxidation sites excluding steroid dienone is 28. The molecular weight excluding hydrogens is 1410 g/mol. The van der Waals surface area contributed by atoms with E-state index in [2.05, 4.69) is 191 Å². The average molecular weight is 1560 g/mol. The Balaban J connectivity index is 4.67. The Morgan fingerprint density at radius 2 is 0.486 bits per heavy atom. The topological polar surface area (TPSA) is 231 Å². The lowest BCUT2D eigenvalue weighted by atomic mass is 10.0. The highest BCUT2D eigenvalue weighted by atomic mass is 31.2. The van der Waals surface area contributed by atoms with Gasteiger partial charge in [-0.2, -0.15) is 0 Å². The van der Waals surface area contributed by atoms with E-state index >= 15 is 0 Å². The SMILES string of the molecule is CC/C=C\C/C=C\C/C=C\C/C=C\C/C=C\C/C=C\CCCCCCC(=O)OCC(COP(=O)(O)OCC(O)COP(=O)(O)OCC(O)COC(=O)CCCCCCCCCCCCCCC/C=C\C/C=C\C/C=C\C/C=C\CCCCC)OC(=O)CCCCCCC/C=C\C/C=C\C/C=C\C/C=C\CCCCC. The summed E-state index contributed by atoms with van der Waals surface area (Å²) in [5.74, 6) is -1.63. The molecule has 0 aromatic heterocycles. The van der Waals surface area contributed by atoms with Crippen LogP contribution in [-0.4, -0.2) is 95.9 Å². The molecule has 109 heavy (non-hydrogen) atoms. The monoisotopic (exact) mass is 1560 g/mol. The smallest absolute Gasteiger partial charge is 0.463 e. The van der Waals surface area contributed by atoms with Gasteiger partial charge >= 0.3 is 33.6 Å². The van der Waals surface area contributed by atoms with Crippen LogP contribution in [0.15, 0.2) is 170 Å². The van der Waals surface area contributed by atoms with Crippen molar-refractivity contribution in [1.29, 1.82) is 0 Å². The highest BCUT2D eigenvalue weighted by molar-refractivity contribution is 7.47. The van der Waals surface area contributed by atoms with Crippen molar-refractivity contribution in [2.45, 2.75) is 347 Å². The quantitative estimate of drug-likeness (QED) is 0.0146. The van der Waals surface area contributed by atoms with Crippen molar-refractivity contribution in [3.63, 3.8) is 0 Å². The fourth-order valence-corrected chi connectivity index (χ4v) is 12.5. The third-order valence-corrected chi connectivity index (χ3v) is 19.3. The van der Waals surface area contributed by atoms with E-state index in [0.717, 1.165) is 167 Å². The zero-order valence-electron chi connectivity index (χ0n) is 68.2. The minimum absolute atomic E-state index is 0.0712. The maximum absolute atomic E-state index is 13.0. The predicted octanol–water partition coefficient (Wildman–Crippen LogP) is 25.5. The molecular formula is C91H152O16P2. The summed E-state index contributed by atoms with van der Waals surface area (Å²) in [6.07, 6.45) is 105. The number of aliphatic hydroxyl groups is 2. The molecule has 0 saturated heterocycles. The van der Waals surface area contributed by atoms with Gasteiger partial charge in [0.05, 0.1) is 26.4 Å². The van der Waals surface area contributed by atoms with Crippen LogP contribution in [0.25, 0.3) is 0 Å². The summed E-state index contributed by atoms with van der Waals surface area (Å²) in [6, 6.07) is 0. The third-order valence-electron chi connectivity index (χ3n) is 17.4. The van der Waals surface area contributed by atoms with Crippen molar-refractivity contribution in [3.8, 4) is 0 Å². The Labute approximate surface area is 662 Å². The molecule has 0 aromatic carbocycles. The summed E-state index contributed by atoms with van der Waals surface area (Å²) in [6.45, 7) is 2.47. The van der Waals surface area contributed by atoms with Crippen LogP contribution in [0.2, 0.25) is 0 Å². The van der Waals surface area contributed by atoms with Gasteiger partial charge in [0.25, 0.3) is 0 Å². The third kappa shape index (κ3) is 83.7. The molecule has 0 heterocycles. The molecule has 0 saturated carbocycles. The van der Waals surface area contributed by atoms with Crippen molar-refractivity contribution in [1.82, 2.24) is 0 Å². The maximum atomic E-state index is 13.0. The minimum atomic E-state index is -4.95. The Kier molecular flexibility index (Phi) is 78.5. The molecule has 16 nitrogen and oxygen atoms in total. The number of phosphoric acid groups is 2. The van der Waals surface area contributed by atoms with Crippen molar-refractivity contribution < 1.29 is 75.8 Å². The zero-order valence-corrected chi connectivity index (χ0v) is 70.0. The second-order valence-electron chi connectivity index (χ2n) is 27.9. The molecule has 5 unspecified atom stereocenters. The lowest BCUT2D eigenvalue weighted by Crippen LogP contribution is -2.30. The van der Waals surface area contributed by atoms with Crippen molar-refractivity contribution in [2.75, 3.05) is 39.6 Å². The molecule has 18 heteroatoms. The van der Waals surface area contributed by atoms with E-state index in [9.17, 15) is 43.5 Å². The molecule has 0 aliphatic heterocycles. The fraction of sp³-hybridized carbons (Fsp3) is 0.659. The van der Waals surface area contributed by atoms with Gasteiger partial charge in [-0.25, -0.2) is 9.13 Å². The van der Waals surface area contributed by atoms with E-state index in [-0.39, 0.29) is 19.3 Å². The second kappa shape index (κ2) is 82.4. The van der Waals surface area contributed by atoms with Gasteiger partial charge in [-0.05, 0) is 161 Å². The van der Waals surface area contributed by atoms with Crippen LogP contribution in [0.4, 0.5) is 0 Å². The minimum Gasteiger partial charge on any atom is -0.463 e. The van der Waals surface area contributed by atoms with Gasteiger partial charge in [-0.15, -0.1) is 0 Å². The Morgan fingerprint density at radius 1 is 0.266 bits per heavy atom. The Bertz CT molecular complexity index is 2660. The molecule has 0 aliphatic rings. The average Bonchev–Trinajstić information content (AvgIpc) is 0.904. The van der Waals surface area contributed by atoms with Crippen LogP contribution < -0.4 is 0 Å². The van der Waals surface area contributed by atoms with E-state index in [0.29, 0.717) is 19.3 Å². The second-order valence-corrected chi connectivity index (χ2v) is 30.8. The number of unbranched alkanes of at least 4 members (excludes halogenated alkanes) is 28. The van der Waals surface area contributed by atoms with Crippen LogP contribution in [0.1, 0.15) is 329 Å². The van der Waals surface area contributed by atoms with Gasteiger partial charge in [-0.1, -0.05) is 319 Å². The number of carbonyl (C=O) groups is 3. The molecule has 0 fully saturated rings. The first-order valence-electron chi connectivity index (χ1n) is 42.4. The molecule has 0 radical (unpaired) electrons. The van der Waals surface area contributed by atoms with Gasteiger partial charge in [0, 0.05) is 19.3 Å². The van der Waals surface area contributed by atoms with E-state index in [1.807, 2.05) is 0 Å². The largest absolute Gasteiger partial charge is 0.472 e. The lowest BCUT2D eigenvalue weighted by Gasteiger charge is -2.21. The Morgan fingerprint density at radius 3 is 0.771 bits per heavy atom. The zero-order chi connectivity index (χ0) is 79.4. The molecule has 0 amide bonds. The number of aliphatic hydroxyl groups excluding tert-OH is 2. The van der Waals surface area contributed by atoms with E-state index < -0.39 is 91.5 Å². The number of rotatable bonds is 79. The van der Waals surface area contributed by atoms with Gasteiger partial charge in [0.15, 0.2) is 6.10 Å². The first-order valence-corrected chi connectivity index (χ1v) is 45.4. The summed E-state index contributed by atoms with van der Waals surface area (Å²) in [5.41, 5.74) is 0. The molecule has 0 rings (SSSR count). The van der Waals surface area contributed by atoms with Crippen LogP contribution >= 0.6 is 15.6 Å². The summed E-state index contributed by atoms with van der Waals surface area (Å²) >= 11 is 0. The van der Waals surface area contributed by atoms with Crippen LogP contribution in [0.3, 0.4) is 0 Å². The Hall–Kier alpha value is -5.09. The van der Waals surface area contributed by atoms with Crippen LogP contribution in [0, 0.1) is 0 Å². The van der Waals surface area contributed by atoms with Crippen molar-refractivity contribution >= 4 is 33.6 Å². The number of hydrogen-bond acceptors (Lipinski definition) is 14. The number of carbonyl (C=O) groups excluding carboxylic acids is 3.